The Balaban J connectivity index is 1.78. The standard InChI is InChI=1S/C19H23N3O2/c1-14-18(8-9-19(24)21-12-10-17(23)11-13-21)15(2)22(20-14)16-6-4-3-5-7-16/h3-9,17,23H,10-13H2,1-2H3. The first-order valence-electron chi connectivity index (χ1n) is 8.33. The third-order valence-electron chi connectivity index (χ3n) is 4.52. The normalized spacial score (nSPS) is 16.0. The number of amides is 1. The van der Waals surface area contributed by atoms with Gasteiger partial charge >= 0.3 is 0 Å². The van der Waals surface area contributed by atoms with Gasteiger partial charge in [0.2, 0.25) is 5.91 Å². The molecule has 1 N–H and O–H groups in total. The average Bonchev–Trinajstić information content (AvgIpc) is 2.88. The van der Waals surface area contributed by atoms with E-state index in [1.165, 1.54) is 0 Å². The molecular formula is C19H23N3O2. The van der Waals surface area contributed by atoms with Crippen LogP contribution < -0.4 is 0 Å². The van der Waals surface area contributed by atoms with Crippen LogP contribution in [0.15, 0.2) is 36.4 Å². The maximum absolute atomic E-state index is 12.3. The largest absolute Gasteiger partial charge is 0.393 e. The van der Waals surface area contributed by atoms with Gasteiger partial charge < -0.3 is 10.0 Å². The summed E-state index contributed by atoms with van der Waals surface area (Å²) in [5.74, 6) is -0.00633. The van der Waals surface area contributed by atoms with Crippen molar-refractivity contribution >= 4 is 12.0 Å². The highest BCUT2D eigenvalue weighted by Gasteiger charge is 2.19. The van der Waals surface area contributed by atoms with Crippen LogP contribution in [0.3, 0.4) is 0 Å². The summed E-state index contributed by atoms with van der Waals surface area (Å²) in [5.41, 5.74) is 3.89. The topological polar surface area (TPSA) is 58.4 Å². The fourth-order valence-electron chi connectivity index (χ4n) is 3.06. The van der Waals surface area contributed by atoms with Gasteiger partial charge in [-0.25, -0.2) is 4.68 Å². The minimum Gasteiger partial charge on any atom is -0.393 e. The molecule has 1 aromatic heterocycles. The molecule has 0 spiro atoms. The molecule has 5 heteroatoms. The van der Waals surface area contributed by atoms with Gasteiger partial charge in [-0.05, 0) is 44.9 Å². The van der Waals surface area contributed by atoms with Crippen molar-refractivity contribution in [2.45, 2.75) is 32.8 Å². The summed E-state index contributed by atoms with van der Waals surface area (Å²) in [7, 11) is 0. The van der Waals surface area contributed by atoms with E-state index in [-0.39, 0.29) is 12.0 Å². The van der Waals surface area contributed by atoms with E-state index in [0.717, 1.165) is 22.6 Å². The van der Waals surface area contributed by atoms with E-state index < -0.39 is 0 Å². The molecule has 2 heterocycles. The van der Waals surface area contributed by atoms with Crippen molar-refractivity contribution in [3.63, 3.8) is 0 Å². The first-order valence-corrected chi connectivity index (χ1v) is 8.33. The summed E-state index contributed by atoms with van der Waals surface area (Å²) in [6.07, 6.45) is 4.51. The molecule has 126 valence electrons. The Bertz CT molecular complexity index is 741. The van der Waals surface area contributed by atoms with E-state index in [9.17, 15) is 9.90 Å². The Morgan fingerprint density at radius 2 is 1.88 bits per heavy atom. The van der Waals surface area contributed by atoms with Crippen LogP contribution in [-0.4, -0.2) is 44.9 Å². The Morgan fingerprint density at radius 3 is 2.54 bits per heavy atom. The monoisotopic (exact) mass is 325 g/mol. The van der Waals surface area contributed by atoms with Crippen molar-refractivity contribution in [2.24, 2.45) is 0 Å². The molecule has 0 bridgehead atoms. The molecule has 24 heavy (non-hydrogen) atoms. The number of piperidine rings is 1. The number of hydrogen-bond acceptors (Lipinski definition) is 3. The summed E-state index contributed by atoms with van der Waals surface area (Å²) in [6, 6.07) is 9.96. The first-order chi connectivity index (χ1) is 11.6. The van der Waals surface area contributed by atoms with Crippen LogP contribution in [0.5, 0.6) is 0 Å². The number of carbonyl (C=O) groups is 1. The van der Waals surface area contributed by atoms with E-state index in [1.54, 1.807) is 11.0 Å². The Labute approximate surface area is 142 Å². The minimum absolute atomic E-state index is 0.00633. The van der Waals surface area contributed by atoms with Crippen molar-refractivity contribution in [3.05, 3.63) is 53.4 Å². The molecule has 0 radical (unpaired) electrons. The molecule has 5 nitrogen and oxygen atoms in total. The van der Waals surface area contributed by atoms with Crippen molar-refractivity contribution < 1.29 is 9.90 Å². The van der Waals surface area contributed by atoms with Gasteiger partial charge in [-0.2, -0.15) is 5.10 Å². The molecule has 2 aromatic rings. The van der Waals surface area contributed by atoms with Crippen LogP contribution in [-0.2, 0) is 4.79 Å². The van der Waals surface area contributed by atoms with E-state index >= 15 is 0 Å². The van der Waals surface area contributed by atoms with Gasteiger partial charge in [0.1, 0.15) is 0 Å². The number of hydrogen-bond donors (Lipinski definition) is 1. The number of aliphatic hydroxyl groups excluding tert-OH is 1. The smallest absolute Gasteiger partial charge is 0.246 e. The lowest BCUT2D eigenvalue weighted by molar-refractivity contribution is -0.127. The van der Waals surface area contributed by atoms with E-state index in [4.69, 9.17) is 0 Å². The van der Waals surface area contributed by atoms with E-state index in [1.807, 2.05) is 54.9 Å². The number of benzene rings is 1. The number of aromatic nitrogens is 2. The molecule has 3 rings (SSSR count). The maximum Gasteiger partial charge on any atom is 0.246 e. The molecular weight excluding hydrogens is 302 g/mol. The Morgan fingerprint density at radius 1 is 1.21 bits per heavy atom. The predicted octanol–water partition coefficient (Wildman–Crippen LogP) is 2.49. The first kappa shape index (κ1) is 16.5. The molecule has 1 aromatic carbocycles. The number of para-hydroxylation sites is 1. The molecule has 1 aliphatic rings. The second-order valence-corrected chi connectivity index (χ2v) is 6.22. The zero-order valence-corrected chi connectivity index (χ0v) is 14.1. The van der Waals surface area contributed by atoms with Gasteiger partial charge in [-0.15, -0.1) is 0 Å². The zero-order chi connectivity index (χ0) is 17.1. The Kier molecular flexibility index (Phi) is 4.81. The summed E-state index contributed by atoms with van der Waals surface area (Å²) < 4.78 is 1.90. The number of likely N-dealkylation sites (tertiary alicyclic amines) is 1. The van der Waals surface area contributed by atoms with Crippen molar-refractivity contribution in [3.8, 4) is 5.69 Å². The number of aryl methyl sites for hydroxylation is 1. The summed E-state index contributed by atoms with van der Waals surface area (Å²) in [5, 5.41) is 14.1. The minimum atomic E-state index is -0.272. The lowest BCUT2D eigenvalue weighted by atomic mass is 10.1. The van der Waals surface area contributed by atoms with Crippen LogP contribution in [0.1, 0.15) is 29.8 Å². The highest BCUT2D eigenvalue weighted by atomic mass is 16.3. The second kappa shape index (κ2) is 7.01. The zero-order valence-electron chi connectivity index (χ0n) is 14.1. The van der Waals surface area contributed by atoms with Crippen LogP contribution in [0.2, 0.25) is 0 Å². The third kappa shape index (κ3) is 3.41. The number of nitrogens with zero attached hydrogens (tertiary/aromatic N) is 3. The van der Waals surface area contributed by atoms with Crippen LogP contribution in [0.25, 0.3) is 11.8 Å². The van der Waals surface area contributed by atoms with E-state index in [2.05, 4.69) is 5.10 Å². The molecule has 0 saturated carbocycles. The quantitative estimate of drug-likeness (QED) is 0.882. The summed E-state index contributed by atoms with van der Waals surface area (Å²) >= 11 is 0. The number of rotatable bonds is 3. The van der Waals surface area contributed by atoms with Gasteiger partial charge in [0, 0.05) is 30.4 Å². The van der Waals surface area contributed by atoms with E-state index in [0.29, 0.717) is 25.9 Å². The average molecular weight is 325 g/mol. The molecule has 0 unspecified atom stereocenters. The number of carbonyl (C=O) groups excluding carboxylic acids is 1. The van der Waals surface area contributed by atoms with Crippen molar-refractivity contribution in [1.82, 2.24) is 14.7 Å². The summed E-state index contributed by atoms with van der Waals surface area (Å²) in [6.45, 7) is 5.19. The molecule has 1 aliphatic heterocycles. The van der Waals surface area contributed by atoms with Crippen molar-refractivity contribution in [1.29, 1.82) is 0 Å². The van der Waals surface area contributed by atoms with Gasteiger partial charge in [0.05, 0.1) is 17.5 Å². The summed E-state index contributed by atoms with van der Waals surface area (Å²) in [4.78, 5) is 14.1. The Hall–Kier alpha value is -2.40. The lowest BCUT2D eigenvalue weighted by Crippen LogP contribution is -2.39. The lowest BCUT2D eigenvalue weighted by Gasteiger charge is -2.28. The fraction of sp³-hybridized carbons (Fsp3) is 0.368. The van der Waals surface area contributed by atoms with Gasteiger partial charge in [0.15, 0.2) is 0 Å². The second-order valence-electron chi connectivity index (χ2n) is 6.22. The van der Waals surface area contributed by atoms with Gasteiger partial charge in [-0.1, -0.05) is 18.2 Å². The van der Waals surface area contributed by atoms with Crippen LogP contribution in [0.4, 0.5) is 0 Å². The van der Waals surface area contributed by atoms with Crippen LogP contribution >= 0.6 is 0 Å². The SMILES string of the molecule is Cc1nn(-c2ccccc2)c(C)c1C=CC(=O)N1CCC(O)CC1. The molecule has 0 atom stereocenters. The third-order valence-corrected chi connectivity index (χ3v) is 4.52. The fourth-order valence-corrected chi connectivity index (χ4v) is 3.06. The molecule has 1 amide bonds. The van der Waals surface area contributed by atoms with Crippen LogP contribution in [0, 0.1) is 13.8 Å². The van der Waals surface area contributed by atoms with Gasteiger partial charge in [-0.3, -0.25) is 4.79 Å². The highest BCUT2D eigenvalue weighted by Crippen LogP contribution is 2.19. The molecule has 0 aliphatic carbocycles. The van der Waals surface area contributed by atoms with Crippen molar-refractivity contribution in [2.75, 3.05) is 13.1 Å². The molecule has 1 fully saturated rings. The maximum atomic E-state index is 12.3. The molecule has 1 saturated heterocycles. The number of aliphatic hydroxyl groups is 1. The predicted molar refractivity (Wildman–Crippen MR) is 93.9 cm³/mol. The highest BCUT2D eigenvalue weighted by molar-refractivity contribution is 5.92. The van der Waals surface area contributed by atoms with Gasteiger partial charge in [0.25, 0.3) is 0 Å².